The summed E-state index contributed by atoms with van der Waals surface area (Å²) in [4.78, 5) is 4.64. The minimum Gasteiger partial charge on any atom is -0.389 e. The van der Waals surface area contributed by atoms with Crippen LogP contribution in [0.5, 0.6) is 0 Å². The lowest BCUT2D eigenvalue weighted by Gasteiger charge is -2.29. The van der Waals surface area contributed by atoms with E-state index in [1.807, 2.05) is 13.8 Å². The van der Waals surface area contributed by atoms with Gasteiger partial charge in [0, 0.05) is 39.3 Å². The first-order valence-corrected chi connectivity index (χ1v) is 12.8. The SMILES string of the molecule is CC(C)(O)CN1CCOCCOCCN(Cc2c3ccccc3cc3ccccc23)CCOCC1. The predicted molar refractivity (Wildman–Crippen MR) is 142 cm³/mol. The van der Waals surface area contributed by atoms with E-state index >= 15 is 0 Å². The van der Waals surface area contributed by atoms with E-state index in [2.05, 4.69) is 64.4 Å². The predicted octanol–water partition coefficient (Wildman–Crippen LogP) is 3.93. The monoisotopic (exact) mass is 480 g/mol. The second-order valence-corrected chi connectivity index (χ2v) is 10.00. The number of rotatable bonds is 4. The van der Waals surface area contributed by atoms with Crippen molar-refractivity contribution in [2.45, 2.75) is 26.0 Å². The van der Waals surface area contributed by atoms with Gasteiger partial charge in [-0.15, -0.1) is 0 Å². The highest BCUT2D eigenvalue weighted by atomic mass is 16.5. The highest BCUT2D eigenvalue weighted by molar-refractivity contribution is 6.02. The second-order valence-electron chi connectivity index (χ2n) is 10.00. The molecule has 0 aliphatic carbocycles. The molecule has 4 rings (SSSR count). The van der Waals surface area contributed by atoms with Gasteiger partial charge in [0.1, 0.15) is 0 Å². The van der Waals surface area contributed by atoms with E-state index in [0.717, 1.165) is 32.7 Å². The van der Waals surface area contributed by atoms with Crippen LogP contribution in [0.2, 0.25) is 0 Å². The molecule has 0 saturated carbocycles. The Bertz CT molecular complexity index is 1010. The quantitative estimate of drug-likeness (QED) is 0.571. The van der Waals surface area contributed by atoms with Crippen LogP contribution in [0.1, 0.15) is 19.4 Å². The van der Waals surface area contributed by atoms with Crippen molar-refractivity contribution >= 4 is 21.5 Å². The third-order valence-electron chi connectivity index (χ3n) is 6.45. The maximum Gasteiger partial charge on any atom is 0.0718 e. The lowest BCUT2D eigenvalue weighted by atomic mass is 9.96. The van der Waals surface area contributed by atoms with E-state index in [1.165, 1.54) is 27.1 Å². The average molecular weight is 481 g/mol. The maximum absolute atomic E-state index is 10.3. The van der Waals surface area contributed by atoms with Gasteiger partial charge in [-0.2, -0.15) is 0 Å². The number of β-amino-alcohol motifs (C(OH)–C–C–N with tert-alkyl or cyclic N) is 1. The number of nitrogens with zero attached hydrogens (tertiary/aromatic N) is 2. The molecule has 190 valence electrons. The van der Waals surface area contributed by atoms with Gasteiger partial charge in [-0.05, 0) is 47.0 Å². The minimum atomic E-state index is -0.746. The van der Waals surface area contributed by atoms with Crippen LogP contribution in [0.4, 0.5) is 0 Å². The summed E-state index contributed by atoms with van der Waals surface area (Å²) in [7, 11) is 0. The molecule has 3 aromatic carbocycles. The zero-order valence-corrected chi connectivity index (χ0v) is 21.2. The zero-order chi connectivity index (χ0) is 24.5. The molecule has 1 aliphatic rings. The Morgan fingerprint density at radius 1 is 0.686 bits per heavy atom. The standard InChI is InChI=1S/C29H40N2O4/c1-29(2,32)23-31-13-17-33-15-11-30(12-16-34-19-20-35-18-14-31)22-28-26-9-5-3-7-24(26)21-25-8-4-6-10-27(25)28/h3-10,21,32H,11-20,22-23H2,1-2H3. The van der Waals surface area contributed by atoms with Crippen LogP contribution >= 0.6 is 0 Å². The fourth-order valence-corrected chi connectivity index (χ4v) is 4.79. The third kappa shape index (κ3) is 7.97. The molecule has 0 spiro atoms. The fraction of sp³-hybridized carbons (Fsp3) is 0.517. The Hall–Kier alpha value is -2.06. The van der Waals surface area contributed by atoms with Crippen molar-refractivity contribution in [1.29, 1.82) is 0 Å². The smallest absolute Gasteiger partial charge is 0.0718 e. The minimum absolute atomic E-state index is 0.584. The Kier molecular flexibility index (Phi) is 9.49. The topological polar surface area (TPSA) is 54.4 Å². The van der Waals surface area contributed by atoms with E-state index in [-0.39, 0.29) is 0 Å². The van der Waals surface area contributed by atoms with Gasteiger partial charge in [0.05, 0.1) is 45.2 Å². The summed E-state index contributed by atoms with van der Waals surface area (Å²) in [5.41, 5.74) is 0.612. The van der Waals surface area contributed by atoms with E-state index in [0.29, 0.717) is 46.2 Å². The van der Waals surface area contributed by atoms with Crippen molar-refractivity contribution in [1.82, 2.24) is 9.80 Å². The van der Waals surface area contributed by atoms with Gasteiger partial charge >= 0.3 is 0 Å². The van der Waals surface area contributed by atoms with Crippen LogP contribution in [-0.2, 0) is 20.8 Å². The summed E-state index contributed by atoms with van der Waals surface area (Å²) in [6.07, 6.45) is 0. The summed E-state index contributed by atoms with van der Waals surface area (Å²) in [6, 6.07) is 19.6. The normalized spacial score (nSPS) is 18.9. The average Bonchev–Trinajstić information content (AvgIpc) is 2.84. The molecule has 0 atom stereocenters. The number of benzene rings is 3. The highest BCUT2D eigenvalue weighted by Gasteiger charge is 2.18. The molecule has 0 bridgehead atoms. The van der Waals surface area contributed by atoms with Crippen LogP contribution < -0.4 is 0 Å². The first kappa shape index (κ1) is 26.0. The van der Waals surface area contributed by atoms with Crippen LogP contribution in [0.15, 0.2) is 54.6 Å². The van der Waals surface area contributed by atoms with Crippen molar-refractivity contribution in [2.75, 3.05) is 72.4 Å². The molecule has 0 unspecified atom stereocenters. The number of hydrogen-bond donors (Lipinski definition) is 1. The van der Waals surface area contributed by atoms with Crippen LogP contribution in [-0.4, -0.2) is 92.9 Å². The molecule has 1 N–H and O–H groups in total. The summed E-state index contributed by atoms with van der Waals surface area (Å²) in [5.74, 6) is 0. The lowest BCUT2D eigenvalue weighted by molar-refractivity contribution is 0.00435. The van der Waals surface area contributed by atoms with Crippen molar-refractivity contribution < 1.29 is 19.3 Å². The Morgan fingerprint density at radius 3 is 1.66 bits per heavy atom. The van der Waals surface area contributed by atoms with Crippen molar-refractivity contribution in [3.05, 3.63) is 60.2 Å². The van der Waals surface area contributed by atoms with Crippen molar-refractivity contribution in [3.8, 4) is 0 Å². The van der Waals surface area contributed by atoms with Gasteiger partial charge in [0.2, 0.25) is 0 Å². The summed E-state index contributed by atoms with van der Waals surface area (Å²) in [6.45, 7) is 12.1. The molecule has 1 fully saturated rings. The molecule has 0 aromatic heterocycles. The molecule has 0 amide bonds. The molecular formula is C29H40N2O4. The molecule has 6 nitrogen and oxygen atoms in total. The highest BCUT2D eigenvalue weighted by Crippen LogP contribution is 2.29. The van der Waals surface area contributed by atoms with Gasteiger partial charge in [0.15, 0.2) is 0 Å². The number of ether oxygens (including phenoxy) is 3. The molecule has 0 radical (unpaired) electrons. The van der Waals surface area contributed by atoms with E-state index in [1.54, 1.807) is 0 Å². The first-order chi connectivity index (χ1) is 17.0. The molecule has 35 heavy (non-hydrogen) atoms. The Morgan fingerprint density at radius 2 is 1.14 bits per heavy atom. The van der Waals surface area contributed by atoms with Gasteiger partial charge in [-0.3, -0.25) is 9.80 Å². The first-order valence-electron chi connectivity index (χ1n) is 12.8. The number of fused-ring (bicyclic) bond motifs is 2. The van der Waals surface area contributed by atoms with E-state index < -0.39 is 5.60 Å². The van der Waals surface area contributed by atoms with Gasteiger partial charge in [-0.25, -0.2) is 0 Å². The Balaban J connectivity index is 1.47. The van der Waals surface area contributed by atoms with Crippen molar-refractivity contribution in [3.63, 3.8) is 0 Å². The Labute approximate surface area is 209 Å². The molecule has 1 heterocycles. The van der Waals surface area contributed by atoms with Gasteiger partial charge in [0.25, 0.3) is 0 Å². The van der Waals surface area contributed by atoms with Gasteiger partial charge < -0.3 is 19.3 Å². The van der Waals surface area contributed by atoms with E-state index in [4.69, 9.17) is 14.2 Å². The summed E-state index contributed by atoms with van der Waals surface area (Å²) < 4.78 is 17.7. The van der Waals surface area contributed by atoms with Crippen LogP contribution in [0, 0.1) is 0 Å². The van der Waals surface area contributed by atoms with E-state index in [9.17, 15) is 5.11 Å². The number of hydrogen-bond acceptors (Lipinski definition) is 6. The second kappa shape index (κ2) is 12.8. The molecule has 3 aromatic rings. The lowest BCUT2D eigenvalue weighted by Crippen LogP contribution is -2.42. The largest absolute Gasteiger partial charge is 0.389 e. The summed E-state index contributed by atoms with van der Waals surface area (Å²) in [5, 5.41) is 15.4. The zero-order valence-electron chi connectivity index (χ0n) is 21.2. The van der Waals surface area contributed by atoms with Crippen LogP contribution in [0.3, 0.4) is 0 Å². The fourth-order valence-electron chi connectivity index (χ4n) is 4.79. The molecular weight excluding hydrogens is 440 g/mol. The molecule has 1 saturated heterocycles. The summed E-state index contributed by atoms with van der Waals surface area (Å²) >= 11 is 0. The molecule has 1 aliphatic heterocycles. The van der Waals surface area contributed by atoms with Crippen LogP contribution in [0.25, 0.3) is 21.5 Å². The third-order valence-corrected chi connectivity index (χ3v) is 6.45. The van der Waals surface area contributed by atoms with Gasteiger partial charge in [-0.1, -0.05) is 48.5 Å². The number of aliphatic hydroxyl groups is 1. The maximum atomic E-state index is 10.3. The van der Waals surface area contributed by atoms with Crippen molar-refractivity contribution in [2.24, 2.45) is 0 Å². The molecule has 6 heteroatoms.